The first-order chi connectivity index (χ1) is 11.6. The van der Waals surface area contributed by atoms with Gasteiger partial charge >= 0.3 is 5.97 Å². The Kier molecular flexibility index (Phi) is 4.92. The number of hydrogen-bond acceptors (Lipinski definition) is 7. The van der Waals surface area contributed by atoms with Crippen LogP contribution in [0.1, 0.15) is 26.1 Å². The largest absolute Gasteiger partial charge is 0.497 e. The number of carbonyl (C=O) groups is 1. The number of aryl methyl sites for hydroxylation is 2. The predicted octanol–water partition coefficient (Wildman–Crippen LogP) is 4.25. The maximum absolute atomic E-state index is 12.1. The van der Waals surface area contributed by atoms with Crippen molar-refractivity contribution in [1.29, 1.82) is 0 Å². The average Bonchev–Trinajstić information content (AvgIpc) is 3.19. The van der Waals surface area contributed by atoms with Gasteiger partial charge in [0.2, 0.25) is 0 Å². The third kappa shape index (κ3) is 3.63. The second kappa shape index (κ2) is 7.11. The van der Waals surface area contributed by atoms with Crippen molar-refractivity contribution in [3.63, 3.8) is 0 Å². The Bertz CT molecular complexity index is 853. The summed E-state index contributed by atoms with van der Waals surface area (Å²) in [5.41, 5.74) is 2.45. The van der Waals surface area contributed by atoms with Crippen molar-refractivity contribution >= 4 is 28.6 Å². The third-order valence-electron chi connectivity index (χ3n) is 3.33. The lowest BCUT2D eigenvalue weighted by Gasteiger charge is -2.01. The molecule has 0 saturated carbocycles. The molecular weight excluding hydrogens is 344 g/mol. The first-order valence-corrected chi connectivity index (χ1v) is 8.96. The highest BCUT2D eigenvalue weighted by molar-refractivity contribution is 7.13. The van der Waals surface area contributed by atoms with Gasteiger partial charge in [0.05, 0.1) is 23.5 Å². The maximum atomic E-state index is 12.1. The van der Waals surface area contributed by atoms with Gasteiger partial charge in [-0.15, -0.1) is 22.7 Å². The number of ether oxygens (including phenoxy) is 2. The minimum atomic E-state index is -0.350. The van der Waals surface area contributed by atoms with Gasteiger partial charge in [0.1, 0.15) is 22.2 Å². The highest BCUT2D eigenvalue weighted by atomic mass is 32.1. The molecule has 7 heteroatoms. The lowest BCUT2D eigenvalue weighted by molar-refractivity contribution is 0.0473. The fourth-order valence-electron chi connectivity index (χ4n) is 2.17. The van der Waals surface area contributed by atoms with Crippen LogP contribution in [0.3, 0.4) is 0 Å². The minimum absolute atomic E-state index is 0.155. The van der Waals surface area contributed by atoms with E-state index in [1.54, 1.807) is 7.11 Å². The molecule has 0 amide bonds. The molecule has 0 spiro atoms. The number of methoxy groups -OCH3 is 1. The molecule has 24 heavy (non-hydrogen) atoms. The molecule has 0 N–H and O–H groups in total. The molecule has 3 rings (SSSR count). The van der Waals surface area contributed by atoms with Crippen molar-refractivity contribution in [2.75, 3.05) is 7.11 Å². The average molecular weight is 360 g/mol. The van der Waals surface area contributed by atoms with Crippen molar-refractivity contribution in [2.45, 2.75) is 20.5 Å². The van der Waals surface area contributed by atoms with Gasteiger partial charge < -0.3 is 9.47 Å². The summed E-state index contributed by atoms with van der Waals surface area (Å²) in [5, 5.41) is 3.64. The van der Waals surface area contributed by atoms with Crippen molar-refractivity contribution in [1.82, 2.24) is 9.97 Å². The first-order valence-electron chi connectivity index (χ1n) is 7.27. The topological polar surface area (TPSA) is 61.3 Å². The molecule has 0 unspecified atom stereocenters. The van der Waals surface area contributed by atoms with Gasteiger partial charge in [-0.3, -0.25) is 0 Å². The summed E-state index contributed by atoms with van der Waals surface area (Å²) < 4.78 is 10.5. The summed E-state index contributed by atoms with van der Waals surface area (Å²) in [4.78, 5) is 21.4. The van der Waals surface area contributed by atoms with Crippen LogP contribution in [-0.4, -0.2) is 23.0 Å². The van der Waals surface area contributed by atoms with Crippen molar-refractivity contribution in [3.8, 4) is 16.3 Å². The van der Waals surface area contributed by atoms with E-state index in [4.69, 9.17) is 9.47 Å². The number of nitrogens with zero attached hydrogens (tertiary/aromatic N) is 2. The fraction of sp³-hybridized carbons (Fsp3) is 0.235. The third-order valence-corrected chi connectivity index (χ3v) is 5.32. The Labute approximate surface area is 147 Å². The highest BCUT2D eigenvalue weighted by Gasteiger charge is 2.16. The fourth-order valence-corrected chi connectivity index (χ4v) is 3.79. The van der Waals surface area contributed by atoms with Crippen LogP contribution in [0.15, 0.2) is 29.6 Å². The molecule has 2 aromatic heterocycles. The van der Waals surface area contributed by atoms with E-state index in [9.17, 15) is 4.79 Å². The molecule has 1 aromatic carbocycles. The molecule has 0 saturated heterocycles. The van der Waals surface area contributed by atoms with Crippen molar-refractivity contribution in [3.05, 3.63) is 50.9 Å². The zero-order valence-electron chi connectivity index (χ0n) is 13.5. The number of rotatable bonds is 5. The maximum Gasteiger partial charge on any atom is 0.350 e. The van der Waals surface area contributed by atoms with Gasteiger partial charge in [-0.05, 0) is 38.1 Å². The van der Waals surface area contributed by atoms with Crippen LogP contribution in [-0.2, 0) is 11.3 Å². The van der Waals surface area contributed by atoms with Crippen LogP contribution in [0.25, 0.3) is 10.6 Å². The highest BCUT2D eigenvalue weighted by Crippen LogP contribution is 2.26. The summed E-state index contributed by atoms with van der Waals surface area (Å²) in [6.07, 6.45) is 0. The number of carbonyl (C=O) groups excluding carboxylic acids is 1. The molecular formula is C17H16N2O3S2. The number of hydrogen-bond donors (Lipinski definition) is 0. The lowest BCUT2D eigenvalue weighted by Crippen LogP contribution is -2.05. The van der Waals surface area contributed by atoms with Crippen LogP contribution in [0.2, 0.25) is 0 Å². The van der Waals surface area contributed by atoms with E-state index >= 15 is 0 Å². The van der Waals surface area contributed by atoms with E-state index in [-0.39, 0.29) is 12.6 Å². The number of thiazole rings is 2. The molecule has 0 fully saturated rings. The van der Waals surface area contributed by atoms with E-state index in [0.717, 1.165) is 27.0 Å². The summed E-state index contributed by atoms with van der Waals surface area (Å²) in [5.74, 6) is 0.455. The normalized spacial score (nSPS) is 10.6. The summed E-state index contributed by atoms with van der Waals surface area (Å²) in [7, 11) is 1.64. The monoisotopic (exact) mass is 360 g/mol. The predicted molar refractivity (Wildman–Crippen MR) is 94.8 cm³/mol. The first kappa shape index (κ1) is 16.6. The second-order valence-electron chi connectivity index (χ2n) is 5.10. The SMILES string of the molecule is COc1ccc(-c2nc(COC(=O)c3sc(C)nc3C)cs2)cc1. The molecule has 0 aliphatic carbocycles. The summed E-state index contributed by atoms with van der Waals surface area (Å²) >= 11 is 2.87. The van der Waals surface area contributed by atoms with Crippen molar-refractivity contribution < 1.29 is 14.3 Å². The van der Waals surface area contributed by atoms with E-state index in [0.29, 0.717) is 10.6 Å². The molecule has 124 valence electrons. The van der Waals surface area contributed by atoms with Crippen LogP contribution < -0.4 is 4.74 Å². The Morgan fingerprint density at radius 2 is 1.92 bits per heavy atom. The molecule has 0 aliphatic rings. The van der Waals surface area contributed by atoms with Crippen molar-refractivity contribution in [2.24, 2.45) is 0 Å². The van der Waals surface area contributed by atoms with Gasteiger partial charge in [-0.25, -0.2) is 14.8 Å². The number of esters is 1. The number of aromatic nitrogens is 2. The standard InChI is InChI=1S/C17H16N2O3S2/c1-10-15(24-11(2)18-10)17(20)22-8-13-9-23-16(19-13)12-4-6-14(21-3)7-5-12/h4-7,9H,8H2,1-3H3. The minimum Gasteiger partial charge on any atom is -0.497 e. The molecule has 0 bridgehead atoms. The van der Waals surface area contributed by atoms with Crippen LogP contribution in [0.4, 0.5) is 0 Å². The Morgan fingerprint density at radius 1 is 1.17 bits per heavy atom. The molecule has 0 atom stereocenters. The zero-order chi connectivity index (χ0) is 17.1. The second-order valence-corrected chi connectivity index (χ2v) is 7.16. The number of benzene rings is 1. The zero-order valence-corrected chi connectivity index (χ0v) is 15.2. The smallest absolute Gasteiger partial charge is 0.350 e. The summed E-state index contributed by atoms with van der Waals surface area (Å²) in [6, 6.07) is 7.70. The molecule has 2 heterocycles. The molecule has 5 nitrogen and oxygen atoms in total. The van der Waals surface area contributed by atoms with Crippen LogP contribution in [0, 0.1) is 13.8 Å². The molecule has 3 aromatic rings. The van der Waals surface area contributed by atoms with Gasteiger partial charge in [0.25, 0.3) is 0 Å². The molecule has 0 aliphatic heterocycles. The Morgan fingerprint density at radius 3 is 2.54 bits per heavy atom. The Balaban J connectivity index is 1.65. The lowest BCUT2D eigenvalue weighted by atomic mass is 10.2. The molecule has 0 radical (unpaired) electrons. The van der Waals surface area contributed by atoms with E-state index in [1.165, 1.54) is 22.7 Å². The van der Waals surface area contributed by atoms with Gasteiger partial charge in [0, 0.05) is 10.9 Å². The summed E-state index contributed by atoms with van der Waals surface area (Å²) in [6.45, 7) is 3.84. The van der Waals surface area contributed by atoms with E-state index in [1.807, 2.05) is 43.5 Å². The quantitative estimate of drug-likeness (QED) is 0.637. The van der Waals surface area contributed by atoms with Gasteiger partial charge in [-0.1, -0.05) is 0 Å². The van der Waals surface area contributed by atoms with E-state index in [2.05, 4.69) is 9.97 Å². The van der Waals surface area contributed by atoms with E-state index < -0.39 is 0 Å². The Hall–Kier alpha value is -2.25. The van der Waals surface area contributed by atoms with Crippen LogP contribution in [0.5, 0.6) is 5.75 Å². The van der Waals surface area contributed by atoms with Crippen LogP contribution >= 0.6 is 22.7 Å². The van der Waals surface area contributed by atoms with Gasteiger partial charge in [-0.2, -0.15) is 0 Å². The van der Waals surface area contributed by atoms with Gasteiger partial charge in [0.15, 0.2) is 0 Å².